The van der Waals surface area contributed by atoms with Crippen LogP contribution in [0.2, 0.25) is 4.94 Å². The summed E-state index contributed by atoms with van der Waals surface area (Å²) in [6.45, 7) is 0. The van der Waals surface area contributed by atoms with Crippen molar-refractivity contribution in [3.05, 3.63) is 60.7 Å². The van der Waals surface area contributed by atoms with Crippen LogP contribution in [0.5, 0.6) is 0 Å². The second kappa shape index (κ2) is 6.19. The molecule has 15 heavy (non-hydrogen) atoms. The quantitative estimate of drug-likeness (QED) is 0.744. The van der Waals surface area contributed by atoms with Crippen LogP contribution in [0.25, 0.3) is 0 Å². The molecule has 0 aliphatic carbocycles. The third-order valence-electron chi connectivity index (χ3n) is 2.41. The molecule has 0 atom stereocenters. The fourth-order valence-electron chi connectivity index (χ4n) is 1.54. The van der Waals surface area contributed by atoms with Crippen LogP contribution in [0.1, 0.15) is 0 Å². The van der Waals surface area contributed by atoms with Gasteiger partial charge in [0, 0.05) is 0 Å². The molecule has 2 heteroatoms. The Hall–Kier alpha value is -0.471. The Bertz CT molecular complexity index is 346. The van der Waals surface area contributed by atoms with Gasteiger partial charge in [0.15, 0.2) is 0 Å². The summed E-state index contributed by atoms with van der Waals surface area (Å²) in [5.41, 5.74) is 0. The van der Waals surface area contributed by atoms with E-state index in [9.17, 15) is 0 Å². The van der Waals surface area contributed by atoms with Crippen molar-refractivity contribution in [1.82, 2.24) is 0 Å². The van der Waals surface area contributed by atoms with Crippen LogP contribution in [0, 0.1) is 0 Å². The van der Waals surface area contributed by atoms with E-state index in [0.717, 1.165) is 0 Å². The Kier molecular flexibility index (Phi) is 5.19. The number of rotatable bonds is 2. The molecule has 2 aromatic carbocycles. The van der Waals surface area contributed by atoms with E-state index in [0.29, 0.717) is 0 Å². The van der Waals surface area contributed by atoms with Crippen LogP contribution < -0.4 is 7.16 Å². The van der Waals surface area contributed by atoms with Gasteiger partial charge in [-0.05, 0) is 0 Å². The number of hydrogen-bond acceptors (Lipinski definition) is 0. The minimum atomic E-state index is -1.50. The summed E-state index contributed by atoms with van der Waals surface area (Å²) in [5, 5.41) is 0. The first-order valence-corrected chi connectivity index (χ1v) is 10.5. The van der Waals surface area contributed by atoms with Crippen LogP contribution in [0.3, 0.4) is 0 Å². The summed E-state index contributed by atoms with van der Waals surface area (Å²) < 4.78 is 3.14. The van der Waals surface area contributed by atoms with Crippen molar-refractivity contribution in [3.63, 3.8) is 0 Å². The molecule has 0 spiro atoms. The zero-order valence-electron chi connectivity index (χ0n) is 8.68. The second-order valence-electron chi connectivity index (χ2n) is 3.36. The first-order chi connectivity index (χ1) is 6.88. The van der Waals surface area contributed by atoms with E-state index < -0.39 is 19.8 Å². The van der Waals surface area contributed by atoms with Crippen LogP contribution >= 0.6 is 12.4 Å². The Morgan fingerprint density at radius 2 is 1.00 bits per heavy atom. The molecule has 0 aromatic heterocycles. The van der Waals surface area contributed by atoms with E-state index in [1.807, 2.05) is 0 Å². The summed E-state index contributed by atoms with van der Waals surface area (Å²) in [5.74, 6) is 0. The number of halogens is 1. The van der Waals surface area contributed by atoms with Crippen molar-refractivity contribution < 1.29 is 0 Å². The first-order valence-electron chi connectivity index (χ1n) is 4.82. The predicted octanol–water partition coefficient (Wildman–Crippen LogP) is 2.35. The van der Waals surface area contributed by atoms with Gasteiger partial charge in [-0.2, -0.15) is 0 Å². The van der Waals surface area contributed by atoms with E-state index in [4.69, 9.17) is 0 Å². The molecule has 0 amide bonds. The molecule has 0 saturated heterocycles. The van der Waals surface area contributed by atoms with Crippen molar-refractivity contribution in [2.45, 2.75) is 4.94 Å². The van der Waals surface area contributed by atoms with Crippen molar-refractivity contribution in [2.75, 3.05) is 0 Å². The molecule has 77 valence electrons. The summed E-state index contributed by atoms with van der Waals surface area (Å²) in [6.07, 6.45) is 0. The summed E-state index contributed by atoms with van der Waals surface area (Å²) in [7, 11) is 0. The number of hydrogen-bond donors (Lipinski definition) is 0. The molecule has 2 rings (SSSR count). The molecular weight excluding hydrogens is 310 g/mol. The molecule has 1 radical (unpaired) electrons. The average Bonchev–Trinajstić information content (AvgIpc) is 2.30. The van der Waals surface area contributed by atoms with Gasteiger partial charge in [-0.25, -0.2) is 0 Å². The summed E-state index contributed by atoms with van der Waals surface area (Å²) in [4.78, 5) is 2.44. The first kappa shape index (κ1) is 12.6. The standard InChI is InChI=1S/2C6H5.CH3.ClH.Sn/c2*1-2-4-6-5-3-1;;;/h2*1-5H;1H3;1H;. The van der Waals surface area contributed by atoms with Gasteiger partial charge in [-0.15, -0.1) is 12.4 Å². The molecule has 0 nitrogen and oxygen atoms in total. The van der Waals surface area contributed by atoms with Gasteiger partial charge in [-0.3, -0.25) is 0 Å². The van der Waals surface area contributed by atoms with E-state index in [1.54, 1.807) is 7.16 Å². The van der Waals surface area contributed by atoms with Gasteiger partial charge in [0.2, 0.25) is 0 Å². The zero-order chi connectivity index (χ0) is 9.80. The molecule has 0 aliphatic rings. The topological polar surface area (TPSA) is 0 Å². The molecular formula is C13H14ClSn. The SMILES string of the molecule is Cl.[CH3][Sn]([c]1ccccc1)[c]1ccccc1. The van der Waals surface area contributed by atoms with Crippen LogP contribution in [0.15, 0.2) is 60.7 Å². The third-order valence-corrected chi connectivity index (χ3v) is 9.26. The fourth-order valence-corrected chi connectivity index (χ4v) is 6.45. The minimum absolute atomic E-state index is 0. The molecule has 0 saturated carbocycles. The Morgan fingerprint density at radius 3 is 1.33 bits per heavy atom. The third kappa shape index (κ3) is 3.25. The fraction of sp³-hybridized carbons (Fsp3) is 0.0769. The van der Waals surface area contributed by atoms with Gasteiger partial charge in [0.05, 0.1) is 0 Å². The molecule has 2 aromatic rings. The van der Waals surface area contributed by atoms with Gasteiger partial charge in [0.1, 0.15) is 0 Å². The predicted molar refractivity (Wildman–Crippen MR) is 71.0 cm³/mol. The molecule has 0 heterocycles. The Morgan fingerprint density at radius 1 is 0.667 bits per heavy atom. The van der Waals surface area contributed by atoms with Crippen molar-refractivity contribution in [1.29, 1.82) is 0 Å². The van der Waals surface area contributed by atoms with Crippen molar-refractivity contribution in [2.24, 2.45) is 0 Å². The molecule has 0 unspecified atom stereocenters. The van der Waals surface area contributed by atoms with Crippen molar-refractivity contribution >= 4 is 39.3 Å². The normalized spacial score (nSPS) is 9.73. The van der Waals surface area contributed by atoms with E-state index >= 15 is 0 Å². The Labute approximate surface area is 104 Å². The summed E-state index contributed by atoms with van der Waals surface area (Å²) >= 11 is -1.50. The van der Waals surface area contributed by atoms with Crippen LogP contribution in [-0.2, 0) is 0 Å². The molecule has 0 bridgehead atoms. The average molecular weight is 324 g/mol. The van der Waals surface area contributed by atoms with Crippen LogP contribution in [0.4, 0.5) is 0 Å². The van der Waals surface area contributed by atoms with Gasteiger partial charge in [0.25, 0.3) is 0 Å². The van der Waals surface area contributed by atoms with Gasteiger partial charge >= 0.3 is 92.5 Å². The van der Waals surface area contributed by atoms with Gasteiger partial charge in [-0.1, -0.05) is 0 Å². The molecule has 0 aliphatic heterocycles. The maximum atomic E-state index is 2.44. The van der Waals surface area contributed by atoms with Crippen LogP contribution in [-0.4, -0.2) is 19.8 Å². The molecule has 0 N–H and O–H groups in total. The Balaban J connectivity index is 0.00000112. The second-order valence-corrected chi connectivity index (χ2v) is 10.2. The summed E-state index contributed by atoms with van der Waals surface area (Å²) in [6, 6.07) is 21.8. The maximum absolute atomic E-state index is 2.44. The van der Waals surface area contributed by atoms with Gasteiger partial charge < -0.3 is 0 Å². The zero-order valence-corrected chi connectivity index (χ0v) is 12.4. The van der Waals surface area contributed by atoms with E-state index in [2.05, 4.69) is 65.6 Å². The molecule has 0 fully saturated rings. The number of benzene rings is 2. The monoisotopic (exact) mass is 325 g/mol. The van der Waals surface area contributed by atoms with Crippen molar-refractivity contribution in [3.8, 4) is 0 Å². The van der Waals surface area contributed by atoms with E-state index in [-0.39, 0.29) is 12.4 Å². The van der Waals surface area contributed by atoms with E-state index in [1.165, 1.54) is 0 Å².